The molecule has 21 heavy (non-hydrogen) atoms. The van der Waals surface area contributed by atoms with E-state index in [1.165, 1.54) is 0 Å². The van der Waals surface area contributed by atoms with Crippen molar-refractivity contribution in [3.05, 3.63) is 0 Å². The van der Waals surface area contributed by atoms with E-state index in [1.54, 1.807) is 0 Å². The summed E-state index contributed by atoms with van der Waals surface area (Å²) >= 11 is -4.30. The summed E-state index contributed by atoms with van der Waals surface area (Å²) in [5.41, 5.74) is 0. The summed E-state index contributed by atoms with van der Waals surface area (Å²) < 4.78 is 13.7. The summed E-state index contributed by atoms with van der Waals surface area (Å²) in [5.74, 6) is -3.39. The van der Waals surface area contributed by atoms with Crippen molar-refractivity contribution in [2.45, 2.75) is 39.1 Å². The molecule has 0 bridgehead atoms. The number of hydrogen-bond acceptors (Lipinski definition) is 9. The van der Waals surface area contributed by atoms with Crippen molar-refractivity contribution in [2.75, 3.05) is 0 Å². The quantitative estimate of drug-likeness (QED) is 0.297. The number of hydrogen-bond donors (Lipinski definition) is 3. The van der Waals surface area contributed by atoms with Crippen molar-refractivity contribution in [1.82, 2.24) is 0 Å². The van der Waals surface area contributed by atoms with Crippen molar-refractivity contribution in [1.29, 1.82) is 0 Å². The molecule has 0 fully saturated rings. The predicted molar refractivity (Wildman–Crippen MR) is 66.3 cm³/mol. The van der Waals surface area contributed by atoms with Gasteiger partial charge in [0, 0.05) is 0 Å². The summed E-state index contributed by atoms with van der Waals surface area (Å²) in [4.78, 5) is 33.4. The van der Waals surface area contributed by atoms with Gasteiger partial charge in [-0.1, -0.05) is 0 Å². The van der Waals surface area contributed by atoms with E-state index < -0.39 is 59.3 Å². The topological polar surface area (TPSA) is 203 Å². The van der Waals surface area contributed by atoms with Crippen molar-refractivity contribution in [2.24, 2.45) is 0 Å². The summed E-state index contributed by atoms with van der Waals surface area (Å²) in [6.07, 6.45) is -4.48. The Hall–Kier alpha value is -0.907. The third kappa shape index (κ3) is 10.5. The SMILES string of the molecule is CC(O)C(=O)[O][Bi]([O]C(=O)C(C)O)[O]C(=O)C(C)O.O.O. The van der Waals surface area contributed by atoms with E-state index >= 15 is 0 Å². The molecule has 0 aromatic heterocycles. The van der Waals surface area contributed by atoms with Gasteiger partial charge in [0.25, 0.3) is 0 Å². The van der Waals surface area contributed by atoms with E-state index in [9.17, 15) is 14.4 Å². The van der Waals surface area contributed by atoms with Gasteiger partial charge in [0.05, 0.1) is 0 Å². The van der Waals surface area contributed by atoms with Crippen LogP contribution in [0.2, 0.25) is 0 Å². The van der Waals surface area contributed by atoms with Crippen LogP contribution in [-0.4, -0.2) is 85.6 Å². The molecule has 7 N–H and O–H groups in total. The minimum absolute atomic E-state index is 0. The maximum absolute atomic E-state index is 11.1. The van der Waals surface area contributed by atoms with E-state index in [-0.39, 0.29) is 11.0 Å². The average molecular weight is 512 g/mol. The van der Waals surface area contributed by atoms with E-state index in [2.05, 4.69) is 8.44 Å². The molecule has 0 aromatic carbocycles. The van der Waals surface area contributed by atoms with Crippen molar-refractivity contribution >= 4 is 41.0 Å². The average Bonchev–Trinajstić information content (AvgIpc) is 2.27. The molecule has 0 aliphatic heterocycles. The zero-order valence-corrected chi connectivity index (χ0v) is 14.9. The summed E-state index contributed by atoms with van der Waals surface area (Å²) in [5, 5.41) is 26.8. The summed E-state index contributed by atoms with van der Waals surface area (Å²) in [7, 11) is 0. The molecule has 0 aliphatic rings. The normalized spacial score (nSPS) is 13.9. The molecule has 11 nitrogen and oxygen atoms in total. The molecule has 0 saturated carbocycles. The van der Waals surface area contributed by atoms with Gasteiger partial charge in [0.15, 0.2) is 0 Å². The van der Waals surface area contributed by atoms with Crippen LogP contribution in [0.3, 0.4) is 0 Å². The fourth-order valence-electron chi connectivity index (χ4n) is 0.505. The molecule has 3 unspecified atom stereocenters. The van der Waals surface area contributed by atoms with Gasteiger partial charge in [-0.2, -0.15) is 0 Å². The Bertz CT molecular complexity index is 288. The van der Waals surface area contributed by atoms with Crippen LogP contribution < -0.4 is 0 Å². The van der Waals surface area contributed by atoms with E-state index in [0.29, 0.717) is 0 Å². The van der Waals surface area contributed by atoms with Gasteiger partial charge in [-0.25, -0.2) is 0 Å². The first-order valence-electron chi connectivity index (χ1n) is 5.15. The number of aliphatic hydroxyl groups is 3. The van der Waals surface area contributed by atoms with E-state index in [4.69, 9.17) is 15.3 Å². The molecule has 3 atom stereocenters. The van der Waals surface area contributed by atoms with Gasteiger partial charge in [0.1, 0.15) is 0 Å². The Morgan fingerprint density at radius 3 is 1.05 bits per heavy atom. The van der Waals surface area contributed by atoms with Crippen molar-refractivity contribution in [3.63, 3.8) is 0 Å². The Morgan fingerprint density at radius 2 is 0.905 bits per heavy atom. The second-order valence-electron chi connectivity index (χ2n) is 3.48. The van der Waals surface area contributed by atoms with Crippen LogP contribution in [0, 0.1) is 0 Å². The second-order valence-corrected chi connectivity index (χ2v) is 7.35. The number of rotatable bonds is 6. The van der Waals surface area contributed by atoms with Crippen LogP contribution in [0.5, 0.6) is 0 Å². The van der Waals surface area contributed by atoms with Crippen LogP contribution >= 0.6 is 0 Å². The molecule has 0 spiro atoms. The molecule has 0 amide bonds. The predicted octanol–water partition coefficient (Wildman–Crippen LogP) is -3.91. The second kappa shape index (κ2) is 11.7. The number of aliphatic hydroxyl groups excluding tert-OH is 3. The van der Waals surface area contributed by atoms with Gasteiger partial charge in [0.2, 0.25) is 0 Å². The van der Waals surface area contributed by atoms with E-state index in [0.717, 1.165) is 20.8 Å². The maximum atomic E-state index is 11.1. The molecule has 0 heterocycles. The first-order chi connectivity index (χ1) is 8.65. The Morgan fingerprint density at radius 1 is 0.714 bits per heavy atom. The largest absolute Gasteiger partial charge is 0.412 e. The molecular formula is C9H19BiO11. The first kappa shape index (κ1) is 25.1. The van der Waals surface area contributed by atoms with Gasteiger partial charge in [-0.3, -0.25) is 0 Å². The fourth-order valence-corrected chi connectivity index (χ4v) is 4.43. The smallest absolute Gasteiger partial charge is 0.412 e. The fraction of sp³-hybridized carbons (Fsp3) is 0.667. The minimum atomic E-state index is -4.30. The Kier molecular flexibility index (Phi) is 14.0. The van der Waals surface area contributed by atoms with E-state index in [1.807, 2.05) is 0 Å². The number of carbonyl (C=O) groups is 3. The van der Waals surface area contributed by atoms with Gasteiger partial charge in [-0.15, -0.1) is 0 Å². The molecule has 0 saturated heterocycles. The van der Waals surface area contributed by atoms with Gasteiger partial charge >= 0.3 is 118 Å². The monoisotopic (exact) mass is 512 g/mol. The molecule has 0 aliphatic carbocycles. The standard InChI is InChI=1S/3C3H6O3.Bi.2H2O/c3*1-2(4)3(5)6;;;/h3*2,4H,1H3,(H,5,6);;2*1H2/q;;;+3;;/p-3. The molecule has 12 heteroatoms. The molecule has 0 radical (unpaired) electrons. The van der Waals surface area contributed by atoms with Crippen molar-refractivity contribution in [3.8, 4) is 0 Å². The maximum Gasteiger partial charge on any atom is -0.412 e. The third-order valence-electron chi connectivity index (χ3n) is 1.52. The van der Waals surface area contributed by atoms with Gasteiger partial charge in [-0.05, 0) is 0 Å². The summed E-state index contributed by atoms with van der Waals surface area (Å²) in [6, 6.07) is 0. The third-order valence-corrected chi connectivity index (χ3v) is 5.35. The zero-order valence-electron chi connectivity index (χ0n) is 11.5. The van der Waals surface area contributed by atoms with Crippen LogP contribution in [0.4, 0.5) is 0 Å². The Labute approximate surface area is 129 Å². The van der Waals surface area contributed by atoms with Crippen LogP contribution in [-0.2, 0) is 22.8 Å². The molecule has 0 aromatic rings. The van der Waals surface area contributed by atoms with Crippen LogP contribution in [0.15, 0.2) is 0 Å². The number of carbonyl (C=O) groups excluding carboxylic acids is 3. The zero-order chi connectivity index (χ0) is 15.2. The first-order valence-corrected chi connectivity index (χ1v) is 9.40. The molecular weight excluding hydrogens is 493 g/mol. The van der Waals surface area contributed by atoms with Crippen molar-refractivity contribution < 1.29 is 49.1 Å². The minimum Gasteiger partial charge on any atom is -0.412 e. The molecule has 0 rings (SSSR count). The Balaban J connectivity index is -0.00000162. The molecule has 126 valence electrons. The van der Waals surface area contributed by atoms with Gasteiger partial charge < -0.3 is 11.0 Å². The van der Waals surface area contributed by atoms with Crippen LogP contribution in [0.1, 0.15) is 20.8 Å². The summed E-state index contributed by atoms with van der Waals surface area (Å²) in [6.45, 7) is 3.33. The van der Waals surface area contributed by atoms with Crippen LogP contribution in [0.25, 0.3) is 0 Å².